The Bertz CT molecular complexity index is 1110. The van der Waals surface area contributed by atoms with Gasteiger partial charge >= 0.3 is 20.5 Å². The molecule has 8 heteroatoms. The van der Waals surface area contributed by atoms with Crippen LogP contribution in [0.4, 0.5) is 0 Å². The van der Waals surface area contributed by atoms with Crippen LogP contribution in [0.15, 0.2) is 24.3 Å². The molecule has 0 aliphatic carbocycles. The van der Waals surface area contributed by atoms with E-state index in [-0.39, 0.29) is 34.3 Å². The minimum Gasteiger partial charge on any atom is -0.511 e. The molecular formula is C25H32O7Si. The number of ether oxygens (including phenoxy) is 2. The summed E-state index contributed by atoms with van der Waals surface area (Å²) in [4.78, 5) is 37.2. The highest BCUT2D eigenvalue weighted by atomic mass is 28.4. The van der Waals surface area contributed by atoms with Gasteiger partial charge in [-0.2, -0.15) is 0 Å². The molecule has 2 aromatic rings. The number of hydrogen-bond donors (Lipinski definition) is 0. The van der Waals surface area contributed by atoms with Gasteiger partial charge < -0.3 is 18.3 Å². The summed E-state index contributed by atoms with van der Waals surface area (Å²) in [6.07, 6.45) is -0.506. The van der Waals surface area contributed by atoms with Crippen molar-refractivity contribution in [1.82, 2.24) is 0 Å². The lowest BCUT2D eigenvalue weighted by atomic mass is 9.95. The molecule has 33 heavy (non-hydrogen) atoms. The summed E-state index contributed by atoms with van der Waals surface area (Å²) >= 11 is 0. The molecule has 0 unspecified atom stereocenters. The number of hydrogen-bond acceptors (Lipinski definition) is 7. The Labute approximate surface area is 195 Å². The molecule has 3 rings (SSSR count). The molecule has 0 saturated heterocycles. The van der Waals surface area contributed by atoms with Gasteiger partial charge in [0.1, 0.15) is 29.3 Å². The number of rotatable bonds is 5. The maximum absolute atomic E-state index is 13.0. The minimum atomic E-state index is -3.06. The molecule has 0 aromatic heterocycles. The first-order valence-electron chi connectivity index (χ1n) is 10.9. The Morgan fingerprint density at radius 1 is 0.939 bits per heavy atom. The van der Waals surface area contributed by atoms with Crippen molar-refractivity contribution in [3.8, 4) is 11.5 Å². The third-order valence-corrected chi connectivity index (χ3v) is 10.9. The molecule has 0 N–H and O–H groups in total. The molecule has 1 aliphatic heterocycles. The van der Waals surface area contributed by atoms with Gasteiger partial charge in [-0.05, 0) is 23.1 Å². The first kappa shape index (κ1) is 24.8. The van der Waals surface area contributed by atoms with Crippen molar-refractivity contribution in [2.75, 3.05) is 14.2 Å². The molecule has 0 spiro atoms. The predicted molar refractivity (Wildman–Crippen MR) is 127 cm³/mol. The summed E-state index contributed by atoms with van der Waals surface area (Å²) in [7, 11) is -0.539. The van der Waals surface area contributed by atoms with E-state index in [0.29, 0.717) is 22.4 Å². The molecule has 0 saturated carbocycles. The van der Waals surface area contributed by atoms with Crippen molar-refractivity contribution in [2.24, 2.45) is 0 Å². The fourth-order valence-electron chi connectivity index (χ4n) is 4.66. The molecule has 7 nitrogen and oxygen atoms in total. The van der Waals surface area contributed by atoms with Gasteiger partial charge in [-0.3, -0.25) is 9.59 Å². The van der Waals surface area contributed by atoms with E-state index in [0.717, 1.165) is 5.39 Å². The molecule has 1 heterocycles. The maximum Gasteiger partial charge on any atom is 0.471 e. The van der Waals surface area contributed by atoms with Crippen LogP contribution in [-0.4, -0.2) is 40.5 Å². The first-order chi connectivity index (χ1) is 15.3. The van der Waals surface area contributed by atoms with E-state index in [9.17, 15) is 14.4 Å². The standard InChI is InChI=1S/C25H32O7Si/c1-24(2,3)33(25(4,5)6)31-18-11-9-10-15-12-16(13-17(26)14-19(27)29-7)21(23(28)30-8)22(32-33)20(15)18/h9-12H,13-14H2,1-8H3. The van der Waals surface area contributed by atoms with Crippen LogP contribution in [0.2, 0.25) is 10.1 Å². The molecule has 0 bridgehead atoms. The van der Waals surface area contributed by atoms with Crippen molar-refractivity contribution in [2.45, 2.75) is 64.5 Å². The van der Waals surface area contributed by atoms with Gasteiger partial charge in [0.25, 0.3) is 0 Å². The van der Waals surface area contributed by atoms with Gasteiger partial charge in [0.15, 0.2) is 0 Å². The smallest absolute Gasteiger partial charge is 0.471 e. The Kier molecular flexibility index (Phi) is 6.36. The van der Waals surface area contributed by atoms with Crippen molar-refractivity contribution in [3.05, 3.63) is 35.4 Å². The fraction of sp³-hybridized carbons (Fsp3) is 0.480. The van der Waals surface area contributed by atoms with Gasteiger partial charge in [-0.25, -0.2) is 4.79 Å². The van der Waals surface area contributed by atoms with Crippen molar-refractivity contribution in [1.29, 1.82) is 0 Å². The van der Waals surface area contributed by atoms with Gasteiger partial charge in [-0.1, -0.05) is 53.7 Å². The van der Waals surface area contributed by atoms with Gasteiger partial charge in [0.2, 0.25) is 0 Å². The van der Waals surface area contributed by atoms with Crippen LogP contribution in [0.5, 0.6) is 11.5 Å². The molecule has 0 fully saturated rings. The minimum absolute atomic E-state index is 0.128. The molecule has 0 radical (unpaired) electrons. The molecular weight excluding hydrogens is 440 g/mol. The summed E-state index contributed by atoms with van der Waals surface area (Å²) in [5.41, 5.74) is 0.646. The number of ketones is 1. The Hall–Kier alpha value is -2.87. The third-order valence-electron chi connectivity index (χ3n) is 5.98. The van der Waals surface area contributed by atoms with Crippen LogP contribution in [0.25, 0.3) is 10.8 Å². The average molecular weight is 473 g/mol. The maximum atomic E-state index is 13.0. The van der Waals surface area contributed by atoms with Crippen molar-refractivity contribution >= 4 is 37.1 Å². The van der Waals surface area contributed by atoms with Crippen molar-refractivity contribution in [3.63, 3.8) is 0 Å². The second-order valence-corrected chi connectivity index (χ2v) is 15.0. The van der Waals surface area contributed by atoms with E-state index < -0.39 is 20.5 Å². The lowest BCUT2D eigenvalue weighted by molar-refractivity contribution is -0.143. The number of carbonyl (C=O) groups excluding carboxylic acids is 3. The Morgan fingerprint density at radius 2 is 1.58 bits per heavy atom. The topological polar surface area (TPSA) is 88.1 Å². The third kappa shape index (κ3) is 4.24. The quantitative estimate of drug-likeness (QED) is 0.339. The molecule has 178 valence electrons. The van der Waals surface area contributed by atoms with Crippen molar-refractivity contribution < 1.29 is 32.7 Å². The van der Waals surface area contributed by atoms with Crippen LogP contribution in [0.3, 0.4) is 0 Å². The van der Waals surface area contributed by atoms with Crippen LogP contribution in [-0.2, 0) is 25.5 Å². The number of benzene rings is 2. The van der Waals surface area contributed by atoms with E-state index in [2.05, 4.69) is 46.3 Å². The second-order valence-electron chi connectivity index (χ2n) is 10.4. The largest absolute Gasteiger partial charge is 0.511 e. The van der Waals surface area contributed by atoms with Gasteiger partial charge in [0.05, 0.1) is 19.6 Å². The van der Waals surface area contributed by atoms with E-state index in [1.165, 1.54) is 14.2 Å². The normalized spacial score (nSPS) is 14.8. The Morgan fingerprint density at radius 3 is 2.12 bits per heavy atom. The number of esters is 2. The van der Waals surface area contributed by atoms with Crippen LogP contribution in [0.1, 0.15) is 63.9 Å². The van der Waals surface area contributed by atoms with Gasteiger partial charge in [-0.15, -0.1) is 0 Å². The summed E-state index contributed by atoms with van der Waals surface area (Å²) in [6.45, 7) is 12.5. The predicted octanol–water partition coefficient (Wildman–Crippen LogP) is 5.11. The average Bonchev–Trinajstić information content (AvgIpc) is 2.71. The molecule has 0 atom stereocenters. The number of Topliss-reactive ketones (excluding diaryl/α,β-unsaturated/α-hetero) is 1. The second kappa shape index (κ2) is 8.48. The van der Waals surface area contributed by atoms with E-state index >= 15 is 0 Å². The highest BCUT2D eigenvalue weighted by molar-refractivity contribution is 6.75. The number of methoxy groups -OCH3 is 2. The zero-order valence-electron chi connectivity index (χ0n) is 20.6. The summed E-state index contributed by atoms with van der Waals surface area (Å²) in [5, 5.41) is 0.754. The lowest BCUT2D eigenvalue weighted by Gasteiger charge is -2.50. The molecule has 2 aromatic carbocycles. The van der Waals surface area contributed by atoms with Crippen LogP contribution in [0, 0.1) is 0 Å². The SMILES string of the molecule is COC(=O)CC(=O)Cc1cc2cccc3c2c(c1C(=O)OC)O[Si](C(C)(C)C)(C(C)(C)C)O3. The van der Waals surface area contributed by atoms with E-state index in [4.69, 9.17) is 13.6 Å². The summed E-state index contributed by atoms with van der Waals surface area (Å²) in [5.74, 6) is -0.547. The highest BCUT2D eigenvalue weighted by Crippen LogP contribution is 2.57. The summed E-state index contributed by atoms with van der Waals surface area (Å²) in [6, 6.07) is 7.41. The molecule has 1 aliphatic rings. The lowest BCUT2D eigenvalue weighted by Crippen LogP contribution is -2.63. The van der Waals surface area contributed by atoms with E-state index in [1.54, 1.807) is 6.07 Å². The fourth-order valence-corrected chi connectivity index (χ4v) is 9.15. The van der Waals surface area contributed by atoms with Crippen LogP contribution < -0.4 is 8.85 Å². The Balaban J connectivity index is 2.31. The molecule has 0 amide bonds. The zero-order chi connectivity index (χ0) is 24.8. The monoisotopic (exact) mass is 472 g/mol. The zero-order valence-corrected chi connectivity index (χ0v) is 21.6. The number of carbonyl (C=O) groups is 3. The van der Waals surface area contributed by atoms with Crippen LogP contribution >= 0.6 is 0 Å². The highest BCUT2D eigenvalue weighted by Gasteiger charge is 2.64. The van der Waals surface area contributed by atoms with Gasteiger partial charge in [0, 0.05) is 16.5 Å². The first-order valence-corrected chi connectivity index (χ1v) is 12.7. The summed E-state index contributed by atoms with van der Waals surface area (Å²) < 4.78 is 23.2. The van der Waals surface area contributed by atoms with E-state index in [1.807, 2.05) is 18.2 Å².